The second-order valence-electron chi connectivity index (χ2n) is 7.29. The number of carbonyl (C=O) groups is 1. The van der Waals surface area contributed by atoms with Crippen LogP contribution >= 0.6 is 0 Å². The van der Waals surface area contributed by atoms with Crippen LogP contribution in [0.2, 0.25) is 0 Å². The molecular weight excluding hydrogens is 397 g/mol. The number of ether oxygens (including phenoxy) is 2. The Balaban J connectivity index is 1.90. The van der Waals surface area contributed by atoms with Gasteiger partial charge in [0.2, 0.25) is 0 Å². The van der Waals surface area contributed by atoms with Crippen molar-refractivity contribution in [1.29, 1.82) is 0 Å². The lowest BCUT2D eigenvalue weighted by molar-refractivity contribution is -0.137. The highest BCUT2D eigenvalue weighted by atomic mass is 19.4. The van der Waals surface area contributed by atoms with Crippen LogP contribution in [0.25, 0.3) is 0 Å². The van der Waals surface area contributed by atoms with Crippen LogP contribution in [0.4, 0.5) is 24.5 Å². The number of rotatable bonds is 6. The molecule has 0 heterocycles. The standard InChI is InChI=1S/C22H25F3N2O3/c1-29-17-10-14(11-18(13-17)30-2)21(28)27-20-12-15(22(23,24)25)8-9-19(20)26-16-6-4-3-5-7-16/h8-13,16,26H,3-7H2,1-2H3,(H,27,28). The molecule has 5 nitrogen and oxygen atoms in total. The molecular formula is C22H25F3N2O3. The van der Waals surface area contributed by atoms with Crippen molar-refractivity contribution in [2.45, 2.75) is 44.3 Å². The fourth-order valence-electron chi connectivity index (χ4n) is 3.55. The van der Waals surface area contributed by atoms with Gasteiger partial charge >= 0.3 is 6.18 Å². The molecule has 0 atom stereocenters. The van der Waals surface area contributed by atoms with E-state index < -0.39 is 17.6 Å². The smallest absolute Gasteiger partial charge is 0.416 e. The van der Waals surface area contributed by atoms with E-state index in [0.29, 0.717) is 17.2 Å². The predicted octanol–water partition coefficient (Wildman–Crippen LogP) is 5.72. The minimum absolute atomic E-state index is 0.0854. The molecule has 2 aromatic carbocycles. The van der Waals surface area contributed by atoms with E-state index in [4.69, 9.17) is 9.47 Å². The fourth-order valence-corrected chi connectivity index (χ4v) is 3.55. The molecule has 2 N–H and O–H groups in total. The molecule has 0 unspecified atom stereocenters. The Bertz CT molecular complexity index is 871. The number of methoxy groups -OCH3 is 2. The summed E-state index contributed by atoms with van der Waals surface area (Å²) in [5.41, 5.74) is -0.0530. The van der Waals surface area contributed by atoms with Crippen molar-refractivity contribution in [3.63, 3.8) is 0 Å². The fraction of sp³-hybridized carbons (Fsp3) is 0.409. The van der Waals surface area contributed by atoms with Gasteiger partial charge in [-0.1, -0.05) is 19.3 Å². The van der Waals surface area contributed by atoms with Crippen LogP contribution in [-0.4, -0.2) is 26.2 Å². The number of anilines is 2. The topological polar surface area (TPSA) is 59.6 Å². The number of nitrogens with one attached hydrogen (secondary N) is 2. The second-order valence-corrected chi connectivity index (χ2v) is 7.29. The summed E-state index contributed by atoms with van der Waals surface area (Å²) in [6.45, 7) is 0. The molecule has 0 bridgehead atoms. The van der Waals surface area contributed by atoms with E-state index in [2.05, 4.69) is 10.6 Å². The van der Waals surface area contributed by atoms with E-state index >= 15 is 0 Å². The monoisotopic (exact) mass is 422 g/mol. The van der Waals surface area contributed by atoms with Gasteiger partial charge in [0, 0.05) is 17.7 Å². The van der Waals surface area contributed by atoms with Gasteiger partial charge in [-0.2, -0.15) is 13.2 Å². The van der Waals surface area contributed by atoms with E-state index in [1.54, 1.807) is 6.07 Å². The largest absolute Gasteiger partial charge is 0.497 e. The molecule has 3 rings (SSSR count). The molecule has 162 valence electrons. The van der Waals surface area contributed by atoms with Crippen molar-refractivity contribution in [2.75, 3.05) is 24.9 Å². The summed E-state index contributed by atoms with van der Waals surface area (Å²) in [4.78, 5) is 12.8. The predicted molar refractivity (Wildman–Crippen MR) is 109 cm³/mol. The van der Waals surface area contributed by atoms with Crippen LogP contribution in [0.1, 0.15) is 48.0 Å². The van der Waals surface area contributed by atoms with Gasteiger partial charge in [-0.25, -0.2) is 0 Å². The van der Waals surface area contributed by atoms with E-state index in [-0.39, 0.29) is 17.3 Å². The summed E-state index contributed by atoms with van der Waals surface area (Å²) < 4.78 is 50.1. The van der Waals surface area contributed by atoms with Gasteiger partial charge in [0.05, 0.1) is 31.2 Å². The maximum atomic E-state index is 13.2. The summed E-state index contributed by atoms with van der Waals surface area (Å²) in [5.74, 6) is 0.256. The Hall–Kier alpha value is -2.90. The maximum absolute atomic E-state index is 13.2. The molecule has 1 fully saturated rings. The van der Waals surface area contributed by atoms with Gasteiger partial charge < -0.3 is 20.1 Å². The average molecular weight is 422 g/mol. The lowest BCUT2D eigenvalue weighted by atomic mass is 9.95. The van der Waals surface area contributed by atoms with Crippen molar-refractivity contribution in [2.24, 2.45) is 0 Å². The van der Waals surface area contributed by atoms with Gasteiger partial charge in [0.1, 0.15) is 11.5 Å². The van der Waals surface area contributed by atoms with Crippen LogP contribution in [0.3, 0.4) is 0 Å². The summed E-state index contributed by atoms with van der Waals surface area (Å²) in [5, 5.41) is 5.92. The molecule has 2 aromatic rings. The van der Waals surface area contributed by atoms with Gasteiger partial charge in [-0.05, 0) is 43.2 Å². The molecule has 30 heavy (non-hydrogen) atoms. The first-order valence-corrected chi connectivity index (χ1v) is 9.82. The number of carbonyl (C=O) groups excluding carboxylic acids is 1. The highest BCUT2D eigenvalue weighted by Crippen LogP contribution is 2.35. The van der Waals surface area contributed by atoms with Gasteiger partial charge in [0.25, 0.3) is 5.91 Å². The Morgan fingerprint density at radius 3 is 2.13 bits per heavy atom. The number of hydrogen-bond donors (Lipinski definition) is 2. The molecule has 1 saturated carbocycles. The summed E-state index contributed by atoms with van der Waals surface area (Å²) in [7, 11) is 2.91. The second kappa shape index (κ2) is 9.28. The zero-order valence-electron chi connectivity index (χ0n) is 16.9. The quantitative estimate of drug-likeness (QED) is 0.625. The Morgan fingerprint density at radius 1 is 0.933 bits per heavy atom. The maximum Gasteiger partial charge on any atom is 0.416 e. The van der Waals surface area contributed by atoms with E-state index in [9.17, 15) is 18.0 Å². The molecule has 1 aliphatic carbocycles. The zero-order valence-corrected chi connectivity index (χ0v) is 16.9. The van der Waals surface area contributed by atoms with Crippen molar-refractivity contribution in [1.82, 2.24) is 0 Å². The number of alkyl halides is 3. The van der Waals surface area contributed by atoms with Crippen LogP contribution in [0.5, 0.6) is 11.5 Å². The van der Waals surface area contributed by atoms with Crippen LogP contribution in [0.15, 0.2) is 36.4 Å². The third kappa shape index (κ3) is 5.37. The van der Waals surface area contributed by atoms with E-state index in [0.717, 1.165) is 44.2 Å². The van der Waals surface area contributed by atoms with Crippen LogP contribution < -0.4 is 20.1 Å². The molecule has 0 aromatic heterocycles. The lowest BCUT2D eigenvalue weighted by Gasteiger charge is -2.25. The zero-order chi connectivity index (χ0) is 21.7. The van der Waals surface area contributed by atoms with Crippen molar-refractivity contribution in [3.05, 3.63) is 47.5 Å². The molecule has 0 radical (unpaired) electrons. The summed E-state index contributed by atoms with van der Waals surface area (Å²) >= 11 is 0. The van der Waals surface area contributed by atoms with Crippen molar-refractivity contribution >= 4 is 17.3 Å². The number of hydrogen-bond acceptors (Lipinski definition) is 4. The van der Waals surface area contributed by atoms with E-state index in [1.807, 2.05) is 0 Å². The average Bonchev–Trinajstić information content (AvgIpc) is 2.74. The third-order valence-electron chi connectivity index (χ3n) is 5.17. The van der Waals surface area contributed by atoms with Gasteiger partial charge in [0.15, 0.2) is 0 Å². The minimum Gasteiger partial charge on any atom is -0.497 e. The first-order valence-electron chi connectivity index (χ1n) is 9.82. The number of benzene rings is 2. The molecule has 0 aliphatic heterocycles. The summed E-state index contributed by atoms with van der Waals surface area (Å²) in [6, 6.07) is 8.13. The normalized spacial score (nSPS) is 14.8. The molecule has 8 heteroatoms. The highest BCUT2D eigenvalue weighted by molar-refractivity contribution is 6.06. The van der Waals surface area contributed by atoms with Crippen molar-refractivity contribution in [3.8, 4) is 11.5 Å². The Labute approximate surface area is 173 Å². The number of halogens is 3. The Morgan fingerprint density at radius 2 is 1.57 bits per heavy atom. The van der Waals surface area contributed by atoms with Gasteiger partial charge in [-0.15, -0.1) is 0 Å². The number of amides is 1. The van der Waals surface area contributed by atoms with E-state index in [1.165, 1.54) is 32.4 Å². The SMILES string of the molecule is COc1cc(OC)cc(C(=O)Nc2cc(C(F)(F)F)ccc2NC2CCCCC2)c1. The molecule has 1 amide bonds. The first-order chi connectivity index (χ1) is 14.3. The van der Waals surface area contributed by atoms with Crippen LogP contribution in [-0.2, 0) is 6.18 Å². The van der Waals surface area contributed by atoms with Crippen LogP contribution in [0, 0.1) is 0 Å². The first kappa shape index (κ1) is 21.8. The van der Waals surface area contributed by atoms with Crippen molar-refractivity contribution < 1.29 is 27.4 Å². The lowest BCUT2D eigenvalue weighted by Crippen LogP contribution is -2.24. The van der Waals surface area contributed by atoms with Gasteiger partial charge in [-0.3, -0.25) is 4.79 Å². The highest BCUT2D eigenvalue weighted by Gasteiger charge is 2.31. The summed E-state index contributed by atoms with van der Waals surface area (Å²) in [6.07, 6.45) is 0.685. The molecule has 0 saturated heterocycles. The molecule has 1 aliphatic rings. The molecule has 0 spiro atoms. The third-order valence-corrected chi connectivity index (χ3v) is 5.17. The minimum atomic E-state index is -4.51. The Kier molecular flexibility index (Phi) is 6.74.